The minimum absolute atomic E-state index is 0.623. The number of ether oxygens (including phenoxy) is 1. The van der Waals surface area contributed by atoms with E-state index in [1.165, 1.54) is 38.5 Å². The van der Waals surface area contributed by atoms with E-state index < -0.39 is 0 Å². The van der Waals surface area contributed by atoms with Gasteiger partial charge < -0.3 is 10.1 Å². The largest absolute Gasteiger partial charge is 0.492 e. The van der Waals surface area contributed by atoms with E-state index in [2.05, 4.69) is 12.2 Å². The first-order valence-corrected chi connectivity index (χ1v) is 7.77. The van der Waals surface area contributed by atoms with Crippen molar-refractivity contribution in [2.45, 2.75) is 51.5 Å². The maximum absolute atomic E-state index is 5.71. The van der Waals surface area contributed by atoms with Crippen molar-refractivity contribution in [3.8, 4) is 5.75 Å². The molecule has 1 atom stereocenters. The van der Waals surface area contributed by atoms with Crippen molar-refractivity contribution < 1.29 is 4.74 Å². The number of benzene rings is 1. The van der Waals surface area contributed by atoms with Crippen molar-refractivity contribution in [2.75, 3.05) is 13.2 Å². The van der Waals surface area contributed by atoms with Gasteiger partial charge in [0.2, 0.25) is 0 Å². The van der Waals surface area contributed by atoms with Gasteiger partial charge in [0.15, 0.2) is 0 Å². The van der Waals surface area contributed by atoms with Crippen molar-refractivity contribution in [3.63, 3.8) is 0 Å². The first kappa shape index (κ1) is 14.4. The van der Waals surface area contributed by atoms with Crippen LogP contribution < -0.4 is 10.1 Å². The molecule has 0 saturated heterocycles. The molecular formula is C17H27NO. The van der Waals surface area contributed by atoms with Gasteiger partial charge in [0.05, 0.1) is 0 Å². The van der Waals surface area contributed by atoms with Crippen molar-refractivity contribution >= 4 is 0 Å². The van der Waals surface area contributed by atoms with E-state index in [-0.39, 0.29) is 0 Å². The SMILES string of the molecule is C[C@H](NCCOc1ccccc1)C1CCCCCC1. The monoisotopic (exact) mass is 261 g/mol. The normalized spacial score (nSPS) is 18.8. The summed E-state index contributed by atoms with van der Waals surface area (Å²) >= 11 is 0. The van der Waals surface area contributed by atoms with E-state index in [1.807, 2.05) is 30.3 Å². The fourth-order valence-electron chi connectivity index (χ4n) is 2.95. The van der Waals surface area contributed by atoms with Gasteiger partial charge in [0, 0.05) is 12.6 Å². The lowest BCUT2D eigenvalue weighted by Crippen LogP contribution is -2.36. The lowest BCUT2D eigenvalue weighted by atomic mass is 9.93. The Morgan fingerprint density at radius 2 is 1.79 bits per heavy atom. The number of nitrogens with one attached hydrogen (secondary N) is 1. The van der Waals surface area contributed by atoms with Gasteiger partial charge in [-0.15, -0.1) is 0 Å². The molecule has 2 rings (SSSR count). The van der Waals surface area contributed by atoms with E-state index in [0.717, 1.165) is 24.8 Å². The van der Waals surface area contributed by atoms with Crippen LogP contribution in [0.1, 0.15) is 45.4 Å². The second-order valence-corrected chi connectivity index (χ2v) is 5.66. The van der Waals surface area contributed by atoms with Crippen LogP contribution in [-0.4, -0.2) is 19.2 Å². The maximum Gasteiger partial charge on any atom is 0.119 e. The van der Waals surface area contributed by atoms with Crippen molar-refractivity contribution in [3.05, 3.63) is 30.3 Å². The number of para-hydroxylation sites is 1. The molecule has 106 valence electrons. The Labute approximate surface area is 117 Å². The van der Waals surface area contributed by atoms with Gasteiger partial charge in [-0.3, -0.25) is 0 Å². The van der Waals surface area contributed by atoms with Crippen molar-refractivity contribution in [1.29, 1.82) is 0 Å². The first-order valence-electron chi connectivity index (χ1n) is 7.77. The number of hydrogen-bond donors (Lipinski definition) is 1. The Balaban J connectivity index is 1.62. The molecule has 1 N–H and O–H groups in total. The zero-order chi connectivity index (χ0) is 13.3. The Morgan fingerprint density at radius 1 is 1.11 bits per heavy atom. The number of rotatable bonds is 6. The average Bonchev–Trinajstić information content (AvgIpc) is 2.73. The molecule has 2 heteroatoms. The molecule has 1 aromatic rings. The van der Waals surface area contributed by atoms with E-state index in [0.29, 0.717) is 6.04 Å². The van der Waals surface area contributed by atoms with Gasteiger partial charge in [-0.1, -0.05) is 43.9 Å². The first-order chi connectivity index (χ1) is 9.36. The van der Waals surface area contributed by atoms with Crippen LogP contribution in [0.15, 0.2) is 30.3 Å². The predicted molar refractivity (Wildman–Crippen MR) is 80.6 cm³/mol. The maximum atomic E-state index is 5.71. The molecule has 1 aliphatic rings. The molecule has 2 nitrogen and oxygen atoms in total. The van der Waals surface area contributed by atoms with Crippen molar-refractivity contribution in [2.24, 2.45) is 5.92 Å². The molecule has 19 heavy (non-hydrogen) atoms. The molecule has 0 radical (unpaired) electrons. The summed E-state index contributed by atoms with van der Waals surface area (Å²) in [5.41, 5.74) is 0. The lowest BCUT2D eigenvalue weighted by molar-refractivity contribution is 0.280. The minimum Gasteiger partial charge on any atom is -0.492 e. The molecule has 1 aliphatic carbocycles. The van der Waals surface area contributed by atoms with Gasteiger partial charge in [0.25, 0.3) is 0 Å². The molecule has 1 fully saturated rings. The zero-order valence-corrected chi connectivity index (χ0v) is 12.1. The summed E-state index contributed by atoms with van der Waals surface area (Å²) in [7, 11) is 0. The standard InChI is InChI=1S/C17H27NO/c1-15(16-9-5-2-3-6-10-16)18-13-14-19-17-11-7-4-8-12-17/h4,7-8,11-12,15-16,18H,2-3,5-6,9-10,13-14H2,1H3/t15-/m0/s1. The summed E-state index contributed by atoms with van der Waals surface area (Å²) in [5, 5.41) is 3.63. The average molecular weight is 261 g/mol. The van der Waals surface area contributed by atoms with Crippen LogP contribution in [0.25, 0.3) is 0 Å². The highest BCUT2D eigenvalue weighted by molar-refractivity contribution is 5.20. The molecule has 0 heterocycles. The Morgan fingerprint density at radius 3 is 2.47 bits per heavy atom. The Kier molecular flexibility index (Phi) is 6.22. The van der Waals surface area contributed by atoms with Gasteiger partial charge in [0.1, 0.15) is 12.4 Å². The van der Waals surface area contributed by atoms with Gasteiger partial charge in [-0.2, -0.15) is 0 Å². The van der Waals surface area contributed by atoms with Crippen LogP contribution in [0.2, 0.25) is 0 Å². The molecule has 0 aromatic heterocycles. The van der Waals surface area contributed by atoms with E-state index in [1.54, 1.807) is 0 Å². The smallest absolute Gasteiger partial charge is 0.119 e. The summed E-state index contributed by atoms with van der Waals surface area (Å²) in [5.74, 6) is 1.82. The number of hydrogen-bond acceptors (Lipinski definition) is 2. The Hall–Kier alpha value is -1.02. The van der Waals surface area contributed by atoms with E-state index in [9.17, 15) is 0 Å². The van der Waals surface area contributed by atoms with E-state index >= 15 is 0 Å². The van der Waals surface area contributed by atoms with Crippen LogP contribution >= 0.6 is 0 Å². The van der Waals surface area contributed by atoms with Crippen LogP contribution in [0.5, 0.6) is 5.75 Å². The van der Waals surface area contributed by atoms with Gasteiger partial charge in [-0.25, -0.2) is 0 Å². The van der Waals surface area contributed by atoms with Crippen LogP contribution in [0.3, 0.4) is 0 Å². The third kappa shape index (κ3) is 5.23. The Bertz CT molecular complexity index is 330. The molecule has 1 saturated carbocycles. The summed E-state index contributed by atoms with van der Waals surface area (Å²) < 4.78 is 5.71. The highest BCUT2D eigenvalue weighted by Gasteiger charge is 2.18. The lowest BCUT2D eigenvalue weighted by Gasteiger charge is -2.23. The molecule has 0 spiro atoms. The molecule has 0 aliphatic heterocycles. The van der Waals surface area contributed by atoms with Gasteiger partial charge >= 0.3 is 0 Å². The highest BCUT2D eigenvalue weighted by atomic mass is 16.5. The molecule has 0 amide bonds. The summed E-state index contributed by atoms with van der Waals surface area (Å²) in [4.78, 5) is 0. The third-order valence-corrected chi connectivity index (χ3v) is 4.19. The predicted octanol–water partition coefficient (Wildman–Crippen LogP) is 4.01. The van der Waals surface area contributed by atoms with Crippen LogP contribution in [-0.2, 0) is 0 Å². The highest BCUT2D eigenvalue weighted by Crippen LogP contribution is 2.25. The van der Waals surface area contributed by atoms with Crippen molar-refractivity contribution in [1.82, 2.24) is 5.32 Å². The zero-order valence-electron chi connectivity index (χ0n) is 12.1. The molecule has 0 bridgehead atoms. The summed E-state index contributed by atoms with van der Waals surface area (Å²) in [6.07, 6.45) is 8.48. The molecule has 0 unspecified atom stereocenters. The second kappa shape index (κ2) is 8.21. The van der Waals surface area contributed by atoms with Crippen LogP contribution in [0.4, 0.5) is 0 Å². The fourth-order valence-corrected chi connectivity index (χ4v) is 2.95. The summed E-state index contributed by atoms with van der Waals surface area (Å²) in [6.45, 7) is 4.02. The minimum atomic E-state index is 0.623. The fraction of sp³-hybridized carbons (Fsp3) is 0.647. The quantitative estimate of drug-likeness (QED) is 0.617. The van der Waals surface area contributed by atoms with E-state index in [4.69, 9.17) is 4.74 Å². The topological polar surface area (TPSA) is 21.3 Å². The third-order valence-electron chi connectivity index (χ3n) is 4.19. The molecular weight excluding hydrogens is 234 g/mol. The van der Waals surface area contributed by atoms with Crippen LogP contribution in [0, 0.1) is 5.92 Å². The second-order valence-electron chi connectivity index (χ2n) is 5.66. The summed E-state index contributed by atoms with van der Waals surface area (Å²) in [6, 6.07) is 10.7. The van der Waals surface area contributed by atoms with Gasteiger partial charge in [-0.05, 0) is 37.8 Å². The molecule has 1 aromatic carbocycles.